The Morgan fingerprint density at radius 3 is 2.00 bits per heavy atom. The standard InChI is InChI=1S/C15H27N5O7S/c1-6(15(26)27)18-14(25)11(7(2)21)20-13(24)9(3-4-10(17)22)19-12(23)8(16)5-28/h6-9,11,21,28H,3-5,16H2,1-2H3,(H2,17,22)(H,18,25)(H,19,23)(H,20,24)(H,26,27). The lowest BCUT2D eigenvalue weighted by Gasteiger charge is -2.25. The Balaban J connectivity index is 5.28. The fourth-order valence-corrected chi connectivity index (χ4v) is 2.11. The number of carbonyl (C=O) groups excluding carboxylic acids is 4. The van der Waals surface area contributed by atoms with Gasteiger partial charge in [0.2, 0.25) is 23.6 Å². The molecule has 0 saturated heterocycles. The van der Waals surface area contributed by atoms with Crippen molar-refractivity contribution in [3.8, 4) is 0 Å². The summed E-state index contributed by atoms with van der Waals surface area (Å²) in [5.41, 5.74) is 10.6. The average Bonchev–Trinajstić information content (AvgIpc) is 2.60. The van der Waals surface area contributed by atoms with Crippen molar-refractivity contribution in [2.24, 2.45) is 11.5 Å². The molecular weight excluding hydrogens is 394 g/mol. The molecule has 0 aromatic heterocycles. The number of amides is 4. The molecule has 4 amide bonds. The highest BCUT2D eigenvalue weighted by atomic mass is 32.1. The second-order valence-corrected chi connectivity index (χ2v) is 6.52. The number of aliphatic hydroxyl groups is 1. The van der Waals surface area contributed by atoms with Crippen molar-refractivity contribution in [2.45, 2.75) is 57.0 Å². The molecule has 0 radical (unpaired) electrons. The molecule has 0 aromatic carbocycles. The summed E-state index contributed by atoms with van der Waals surface area (Å²) in [7, 11) is 0. The second kappa shape index (κ2) is 12.2. The van der Waals surface area contributed by atoms with E-state index >= 15 is 0 Å². The van der Waals surface area contributed by atoms with Gasteiger partial charge in [-0.1, -0.05) is 0 Å². The molecule has 5 unspecified atom stereocenters. The van der Waals surface area contributed by atoms with Crippen molar-refractivity contribution in [2.75, 3.05) is 5.75 Å². The molecule has 0 fully saturated rings. The molecule has 28 heavy (non-hydrogen) atoms. The van der Waals surface area contributed by atoms with E-state index in [1.165, 1.54) is 13.8 Å². The maximum absolute atomic E-state index is 12.5. The molecule has 0 aliphatic heterocycles. The largest absolute Gasteiger partial charge is 0.480 e. The Bertz CT molecular complexity index is 601. The zero-order valence-corrected chi connectivity index (χ0v) is 16.4. The predicted octanol–water partition coefficient (Wildman–Crippen LogP) is -3.55. The molecular formula is C15H27N5O7S. The molecule has 0 aliphatic carbocycles. The lowest BCUT2D eigenvalue weighted by Crippen LogP contribution is -2.59. The maximum atomic E-state index is 12.5. The third-order valence-electron chi connectivity index (χ3n) is 3.64. The van der Waals surface area contributed by atoms with E-state index in [0.29, 0.717) is 0 Å². The van der Waals surface area contributed by atoms with Crippen LogP contribution in [0.3, 0.4) is 0 Å². The second-order valence-electron chi connectivity index (χ2n) is 6.15. The van der Waals surface area contributed by atoms with Crippen molar-refractivity contribution < 1.29 is 34.2 Å². The van der Waals surface area contributed by atoms with Crippen LogP contribution in [0.25, 0.3) is 0 Å². The third-order valence-corrected chi connectivity index (χ3v) is 4.03. The van der Waals surface area contributed by atoms with Crippen LogP contribution in [-0.4, -0.2) is 75.8 Å². The minimum atomic E-state index is -1.50. The van der Waals surface area contributed by atoms with Gasteiger partial charge < -0.3 is 37.6 Å². The molecule has 9 N–H and O–H groups in total. The van der Waals surface area contributed by atoms with E-state index in [1.54, 1.807) is 0 Å². The van der Waals surface area contributed by atoms with Crippen molar-refractivity contribution >= 4 is 42.2 Å². The fourth-order valence-electron chi connectivity index (χ4n) is 1.94. The maximum Gasteiger partial charge on any atom is 0.325 e. The fraction of sp³-hybridized carbons (Fsp3) is 0.667. The monoisotopic (exact) mass is 421 g/mol. The number of carbonyl (C=O) groups is 5. The van der Waals surface area contributed by atoms with Gasteiger partial charge in [-0.05, 0) is 20.3 Å². The first-order valence-corrected chi connectivity index (χ1v) is 9.00. The lowest BCUT2D eigenvalue weighted by molar-refractivity contribution is -0.142. The summed E-state index contributed by atoms with van der Waals surface area (Å²) in [6.45, 7) is 2.42. The topological polar surface area (TPSA) is 214 Å². The number of aliphatic carboxylic acids is 1. The highest BCUT2D eigenvalue weighted by molar-refractivity contribution is 7.80. The zero-order chi connectivity index (χ0) is 22.0. The van der Waals surface area contributed by atoms with Gasteiger partial charge in [0.15, 0.2) is 0 Å². The van der Waals surface area contributed by atoms with Crippen LogP contribution in [0, 0.1) is 0 Å². The Kier molecular flexibility index (Phi) is 11.1. The van der Waals surface area contributed by atoms with Crippen LogP contribution in [0.15, 0.2) is 0 Å². The van der Waals surface area contributed by atoms with Crippen molar-refractivity contribution in [1.29, 1.82) is 0 Å². The van der Waals surface area contributed by atoms with E-state index in [0.717, 1.165) is 0 Å². The minimum Gasteiger partial charge on any atom is -0.480 e. The van der Waals surface area contributed by atoms with Crippen LogP contribution >= 0.6 is 12.6 Å². The number of primary amides is 1. The summed E-state index contributed by atoms with van der Waals surface area (Å²) in [6, 6.07) is -5.04. The summed E-state index contributed by atoms with van der Waals surface area (Å²) < 4.78 is 0. The highest BCUT2D eigenvalue weighted by Crippen LogP contribution is 2.02. The van der Waals surface area contributed by atoms with Gasteiger partial charge in [-0.15, -0.1) is 0 Å². The summed E-state index contributed by atoms with van der Waals surface area (Å²) >= 11 is 3.88. The summed E-state index contributed by atoms with van der Waals surface area (Å²) in [5.74, 6) is -4.56. The lowest BCUT2D eigenvalue weighted by atomic mass is 10.1. The number of nitrogens with two attached hydrogens (primary N) is 2. The normalized spacial score (nSPS) is 16.0. The number of carboxylic acids is 1. The summed E-state index contributed by atoms with van der Waals surface area (Å²) in [6.07, 6.45) is -1.79. The van der Waals surface area contributed by atoms with E-state index in [-0.39, 0.29) is 18.6 Å². The molecule has 0 aromatic rings. The molecule has 12 nitrogen and oxygen atoms in total. The van der Waals surface area contributed by atoms with E-state index in [9.17, 15) is 29.1 Å². The van der Waals surface area contributed by atoms with Gasteiger partial charge in [-0.2, -0.15) is 12.6 Å². The first-order valence-electron chi connectivity index (χ1n) is 8.37. The Hall–Kier alpha value is -2.38. The molecule has 0 heterocycles. The quantitative estimate of drug-likeness (QED) is 0.147. The first kappa shape index (κ1) is 25.6. The molecule has 0 rings (SSSR count). The van der Waals surface area contributed by atoms with Crippen molar-refractivity contribution in [3.05, 3.63) is 0 Å². The van der Waals surface area contributed by atoms with Gasteiger partial charge in [0.25, 0.3) is 0 Å². The molecule has 5 atom stereocenters. The van der Waals surface area contributed by atoms with E-state index in [4.69, 9.17) is 16.6 Å². The van der Waals surface area contributed by atoms with E-state index in [1.807, 2.05) is 0 Å². The van der Waals surface area contributed by atoms with Crippen LogP contribution in [0.1, 0.15) is 26.7 Å². The van der Waals surface area contributed by atoms with Gasteiger partial charge in [0.1, 0.15) is 18.1 Å². The average molecular weight is 421 g/mol. The minimum absolute atomic E-state index is 0.00176. The Morgan fingerprint density at radius 2 is 1.57 bits per heavy atom. The number of hydrogen-bond acceptors (Lipinski definition) is 8. The molecule has 0 aliphatic rings. The molecule has 160 valence electrons. The van der Waals surface area contributed by atoms with Crippen LogP contribution in [0.4, 0.5) is 0 Å². The predicted molar refractivity (Wildman–Crippen MR) is 101 cm³/mol. The van der Waals surface area contributed by atoms with Gasteiger partial charge in [-0.3, -0.25) is 24.0 Å². The third kappa shape index (κ3) is 9.01. The number of nitrogens with one attached hydrogen (secondary N) is 3. The SMILES string of the molecule is CC(NC(=O)C(NC(=O)C(CCC(N)=O)NC(=O)C(N)CS)C(C)O)C(=O)O. The van der Waals surface area contributed by atoms with Gasteiger partial charge in [-0.25, -0.2) is 0 Å². The van der Waals surface area contributed by atoms with E-state index in [2.05, 4.69) is 28.6 Å². The molecule has 0 spiro atoms. The van der Waals surface area contributed by atoms with Crippen molar-refractivity contribution in [1.82, 2.24) is 16.0 Å². The number of rotatable bonds is 12. The van der Waals surface area contributed by atoms with Gasteiger partial charge >= 0.3 is 5.97 Å². The van der Waals surface area contributed by atoms with Crippen LogP contribution < -0.4 is 27.4 Å². The van der Waals surface area contributed by atoms with Gasteiger partial charge in [0, 0.05) is 12.2 Å². The van der Waals surface area contributed by atoms with Crippen LogP contribution in [0.2, 0.25) is 0 Å². The smallest absolute Gasteiger partial charge is 0.325 e. The van der Waals surface area contributed by atoms with Gasteiger partial charge in [0.05, 0.1) is 12.1 Å². The van der Waals surface area contributed by atoms with Crippen LogP contribution in [-0.2, 0) is 24.0 Å². The summed E-state index contributed by atoms with van der Waals surface area (Å²) in [5, 5.41) is 25.3. The Labute approximate surface area is 167 Å². The molecule has 0 bridgehead atoms. The number of aliphatic hydroxyl groups excluding tert-OH is 1. The molecule has 0 saturated carbocycles. The number of thiol groups is 1. The summed E-state index contributed by atoms with van der Waals surface area (Å²) in [4.78, 5) is 58.4. The van der Waals surface area contributed by atoms with E-state index < -0.39 is 59.9 Å². The zero-order valence-electron chi connectivity index (χ0n) is 15.5. The highest BCUT2D eigenvalue weighted by Gasteiger charge is 2.31. The molecule has 13 heteroatoms. The van der Waals surface area contributed by atoms with Crippen molar-refractivity contribution in [3.63, 3.8) is 0 Å². The Morgan fingerprint density at radius 1 is 1.00 bits per heavy atom. The first-order chi connectivity index (χ1) is 12.9. The van der Waals surface area contributed by atoms with Crippen LogP contribution in [0.5, 0.6) is 0 Å². The number of hydrogen-bond donors (Lipinski definition) is 8. The number of carboxylic acid groups (broad SMARTS) is 1.